The van der Waals surface area contributed by atoms with Crippen molar-refractivity contribution in [2.24, 2.45) is 0 Å². The molecule has 7 heteroatoms. The van der Waals surface area contributed by atoms with Crippen LogP contribution in [0.1, 0.15) is 12.6 Å². The van der Waals surface area contributed by atoms with E-state index in [4.69, 9.17) is 22.1 Å². The highest BCUT2D eigenvalue weighted by molar-refractivity contribution is 7.99. The van der Waals surface area contributed by atoms with E-state index < -0.39 is 5.82 Å². The zero-order valence-corrected chi connectivity index (χ0v) is 13.0. The largest absolute Gasteiger partial charge is 0.493 e. The summed E-state index contributed by atoms with van der Waals surface area (Å²) in [5.74, 6) is 1.20. The SMILES string of the molecule is CCc1cc(N)nc(SCCOc2ccc(F)c(Cl)c2)n1. The normalized spacial score (nSPS) is 10.6. The second-order valence-electron chi connectivity index (χ2n) is 4.19. The summed E-state index contributed by atoms with van der Waals surface area (Å²) >= 11 is 7.14. The predicted octanol–water partition coefficient (Wildman–Crippen LogP) is 3.58. The number of rotatable bonds is 6. The molecule has 1 aromatic carbocycles. The van der Waals surface area contributed by atoms with Gasteiger partial charge >= 0.3 is 0 Å². The average molecular weight is 328 g/mol. The fraction of sp³-hybridized carbons (Fsp3) is 0.286. The van der Waals surface area contributed by atoms with Gasteiger partial charge in [0.15, 0.2) is 5.16 Å². The number of aryl methyl sites for hydroxylation is 1. The topological polar surface area (TPSA) is 61.0 Å². The van der Waals surface area contributed by atoms with Crippen LogP contribution >= 0.6 is 23.4 Å². The Morgan fingerprint density at radius 3 is 2.86 bits per heavy atom. The zero-order valence-electron chi connectivity index (χ0n) is 11.5. The number of nitrogens with two attached hydrogens (primary N) is 1. The second kappa shape index (κ2) is 7.47. The number of nitrogens with zero attached hydrogens (tertiary/aromatic N) is 2. The molecule has 2 aromatic rings. The van der Waals surface area contributed by atoms with Gasteiger partial charge in [-0.05, 0) is 18.6 Å². The monoisotopic (exact) mass is 327 g/mol. The third-order valence-corrected chi connectivity index (χ3v) is 3.72. The maximum Gasteiger partial charge on any atom is 0.189 e. The van der Waals surface area contributed by atoms with Gasteiger partial charge in [-0.1, -0.05) is 30.3 Å². The van der Waals surface area contributed by atoms with E-state index in [1.165, 1.54) is 30.0 Å². The minimum Gasteiger partial charge on any atom is -0.493 e. The number of hydrogen-bond donors (Lipinski definition) is 1. The molecule has 0 radical (unpaired) electrons. The molecule has 0 unspecified atom stereocenters. The standard InChI is InChI=1S/C14H15ClFN3OS/c1-2-9-7-13(17)19-14(18-9)21-6-5-20-10-3-4-12(16)11(15)8-10/h3-4,7-8H,2,5-6H2,1H3,(H2,17,18,19). The molecule has 0 amide bonds. The number of anilines is 1. The maximum absolute atomic E-state index is 13.0. The molecule has 21 heavy (non-hydrogen) atoms. The Bertz CT molecular complexity index is 627. The highest BCUT2D eigenvalue weighted by atomic mass is 35.5. The van der Waals surface area contributed by atoms with E-state index in [2.05, 4.69) is 9.97 Å². The number of nitrogen functional groups attached to an aromatic ring is 1. The lowest BCUT2D eigenvalue weighted by Gasteiger charge is -2.07. The van der Waals surface area contributed by atoms with Crippen LogP contribution in [0.5, 0.6) is 5.75 Å². The van der Waals surface area contributed by atoms with Gasteiger partial charge in [0.2, 0.25) is 0 Å². The first-order chi connectivity index (χ1) is 10.1. The Labute approximate surface area is 131 Å². The predicted molar refractivity (Wildman–Crippen MR) is 83.5 cm³/mol. The first-order valence-corrected chi connectivity index (χ1v) is 7.79. The average Bonchev–Trinajstić information content (AvgIpc) is 2.46. The molecule has 0 aliphatic heterocycles. The van der Waals surface area contributed by atoms with Gasteiger partial charge in [-0.15, -0.1) is 0 Å². The molecule has 0 fully saturated rings. The quantitative estimate of drug-likeness (QED) is 0.499. The summed E-state index contributed by atoms with van der Waals surface area (Å²) in [6.45, 7) is 2.45. The first kappa shape index (κ1) is 15.9. The van der Waals surface area contributed by atoms with Crippen LogP contribution in [-0.2, 0) is 6.42 Å². The molecule has 1 heterocycles. The highest BCUT2D eigenvalue weighted by Crippen LogP contribution is 2.22. The van der Waals surface area contributed by atoms with Gasteiger partial charge in [-0.25, -0.2) is 14.4 Å². The lowest BCUT2D eigenvalue weighted by atomic mass is 10.3. The van der Waals surface area contributed by atoms with Gasteiger partial charge in [0.1, 0.15) is 17.4 Å². The Morgan fingerprint density at radius 2 is 2.14 bits per heavy atom. The van der Waals surface area contributed by atoms with Crippen molar-refractivity contribution < 1.29 is 9.13 Å². The molecule has 0 saturated heterocycles. The molecular formula is C14H15ClFN3OS. The smallest absolute Gasteiger partial charge is 0.189 e. The minimum atomic E-state index is -0.460. The van der Waals surface area contributed by atoms with Crippen LogP contribution in [0.25, 0.3) is 0 Å². The van der Waals surface area contributed by atoms with Crippen LogP contribution in [0.2, 0.25) is 5.02 Å². The van der Waals surface area contributed by atoms with Crippen molar-refractivity contribution in [3.63, 3.8) is 0 Å². The van der Waals surface area contributed by atoms with Gasteiger partial charge in [0.25, 0.3) is 0 Å². The third kappa shape index (κ3) is 4.75. The molecule has 1 aromatic heterocycles. The van der Waals surface area contributed by atoms with E-state index in [1.54, 1.807) is 6.07 Å². The summed E-state index contributed by atoms with van der Waals surface area (Å²) < 4.78 is 18.5. The van der Waals surface area contributed by atoms with Gasteiger partial charge in [-0.3, -0.25) is 0 Å². The minimum absolute atomic E-state index is 0.0481. The van der Waals surface area contributed by atoms with Crippen molar-refractivity contribution in [2.45, 2.75) is 18.5 Å². The molecule has 0 spiro atoms. The van der Waals surface area contributed by atoms with E-state index in [0.717, 1.165) is 12.1 Å². The number of aromatic nitrogens is 2. The van der Waals surface area contributed by atoms with Gasteiger partial charge in [0.05, 0.1) is 11.6 Å². The van der Waals surface area contributed by atoms with E-state index in [9.17, 15) is 4.39 Å². The Kier molecular flexibility index (Phi) is 5.64. The van der Waals surface area contributed by atoms with Crippen LogP contribution in [0, 0.1) is 5.82 Å². The molecule has 4 nitrogen and oxygen atoms in total. The van der Waals surface area contributed by atoms with Crippen molar-refractivity contribution in [1.82, 2.24) is 9.97 Å². The summed E-state index contributed by atoms with van der Waals surface area (Å²) in [6, 6.07) is 6.03. The van der Waals surface area contributed by atoms with Crippen molar-refractivity contribution in [1.29, 1.82) is 0 Å². The summed E-state index contributed by atoms with van der Waals surface area (Å²) in [7, 11) is 0. The fourth-order valence-electron chi connectivity index (χ4n) is 1.60. The molecule has 112 valence electrons. The Hall–Kier alpha value is -1.53. The van der Waals surface area contributed by atoms with E-state index in [-0.39, 0.29) is 5.02 Å². The van der Waals surface area contributed by atoms with Crippen molar-refractivity contribution >= 4 is 29.2 Å². The number of benzene rings is 1. The third-order valence-electron chi connectivity index (χ3n) is 2.62. The molecule has 2 N–H and O–H groups in total. The molecule has 0 atom stereocenters. The molecule has 0 saturated carbocycles. The van der Waals surface area contributed by atoms with E-state index >= 15 is 0 Å². The van der Waals surface area contributed by atoms with Gasteiger partial charge < -0.3 is 10.5 Å². The van der Waals surface area contributed by atoms with Crippen LogP contribution in [0.15, 0.2) is 29.4 Å². The van der Waals surface area contributed by atoms with Crippen LogP contribution in [0.4, 0.5) is 10.2 Å². The van der Waals surface area contributed by atoms with Crippen LogP contribution in [0.3, 0.4) is 0 Å². The molecule has 2 rings (SSSR count). The van der Waals surface area contributed by atoms with E-state index in [1.807, 2.05) is 6.92 Å². The fourth-order valence-corrected chi connectivity index (χ4v) is 2.47. The molecule has 0 aliphatic rings. The van der Waals surface area contributed by atoms with Gasteiger partial charge in [0, 0.05) is 23.6 Å². The van der Waals surface area contributed by atoms with Crippen molar-refractivity contribution in [3.8, 4) is 5.75 Å². The summed E-state index contributed by atoms with van der Waals surface area (Å²) in [4.78, 5) is 8.52. The number of ether oxygens (including phenoxy) is 1. The molecule has 0 bridgehead atoms. The lowest BCUT2D eigenvalue weighted by Crippen LogP contribution is -2.03. The molecule has 0 aliphatic carbocycles. The zero-order chi connectivity index (χ0) is 15.2. The van der Waals surface area contributed by atoms with Crippen molar-refractivity contribution in [3.05, 3.63) is 40.8 Å². The van der Waals surface area contributed by atoms with E-state index in [0.29, 0.717) is 29.1 Å². The first-order valence-electron chi connectivity index (χ1n) is 6.42. The molecular weight excluding hydrogens is 313 g/mol. The Morgan fingerprint density at radius 1 is 1.33 bits per heavy atom. The van der Waals surface area contributed by atoms with Crippen molar-refractivity contribution in [2.75, 3.05) is 18.1 Å². The summed E-state index contributed by atoms with van der Waals surface area (Å²) in [5, 5.41) is 0.680. The van der Waals surface area contributed by atoms with Crippen LogP contribution < -0.4 is 10.5 Å². The summed E-state index contributed by atoms with van der Waals surface area (Å²) in [6.07, 6.45) is 0.810. The van der Waals surface area contributed by atoms with Gasteiger partial charge in [-0.2, -0.15) is 0 Å². The maximum atomic E-state index is 13.0. The Balaban J connectivity index is 1.84. The lowest BCUT2D eigenvalue weighted by molar-refractivity contribution is 0.343. The number of halogens is 2. The summed E-state index contributed by atoms with van der Waals surface area (Å²) in [5.41, 5.74) is 6.63. The van der Waals surface area contributed by atoms with Crippen LogP contribution in [-0.4, -0.2) is 22.3 Å². The second-order valence-corrected chi connectivity index (χ2v) is 5.66. The highest BCUT2D eigenvalue weighted by Gasteiger charge is 2.04. The number of hydrogen-bond acceptors (Lipinski definition) is 5. The number of thioether (sulfide) groups is 1.